The van der Waals surface area contributed by atoms with E-state index in [-0.39, 0.29) is 0 Å². The molecule has 0 aliphatic rings. The van der Waals surface area contributed by atoms with Crippen molar-refractivity contribution in [2.45, 2.75) is 11.3 Å². The standard InChI is InChI=1S/C7H4F3N3O2S/c8-3-2-13-4(1-11)5(7(9)10)6(3)16(12,14)15/h2,7H,(H2,12,14,15). The zero-order chi connectivity index (χ0) is 12.5. The van der Waals surface area contributed by atoms with Crippen LogP contribution >= 0.6 is 0 Å². The molecule has 1 aromatic heterocycles. The van der Waals surface area contributed by atoms with Crippen molar-refractivity contribution in [3.8, 4) is 6.07 Å². The summed E-state index contributed by atoms with van der Waals surface area (Å²) in [6, 6.07) is 1.24. The Morgan fingerprint density at radius 2 is 2.06 bits per heavy atom. The summed E-state index contributed by atoms with van der Waals surface area (Å²) < 4.78 is 59.9. The molecule has 0 saturated heterocycles. The highest BCUT2D eigenvalue weighted by atomic mass is 32.2. The average molecular weight is 251 g/mol. The lowest BCUT2D eigenvalue weighted by Crippen LogP contribution is -2.18. The van der Waals surface area contributed by atoms with Gasteiger partial charge in [0, 0.05) is 0 Å². The van der Waals surface area contributed by atoms with Crippen LogP contribution < -0.4 is 5.14 Å². The van der Waals surface area contributed by atoms with Crippen LogP contribution in [0.1, 0.15) is 17.7 Å². The summed E-state index contributed by atoms with van der Waals surface area (Å²) in [5.74, 6) is -1.52. The number of nitrogens with zero attached hydrogens (tertiary/aromatic N) is 2. The Kier molecular flexibility index (Phi) is 3.16. The molecule has 2 N–H and O–H groups in total. The molecule has 0 unspecified atom stereocenters. The molecule has 0 aliphatic heterocycles. The molecule has 0 atom stereocenters. The third-order valence-corrected chi connectivity index (χ3v) is 2.62. The van der Waals surface area contributed by atoms with Crippen LogP contribution in [0.15, 0.2) is 11.1 Å². The first-order chi connectivity index (χ1) is 7.29. The fourth-order valence-electron chi connectivity index (χ4n) is 1.07. The number of rotatable bonds is 2. The number of aromatic nitrogens is 1. The fourth-order valence-corrected chi connectivity index (χ4v) is 1.88. The zero-order valence-corrected chi connectivity index (χ0v) is 8.30. The van der Waals surface area contributed by atoms with E-state index in [4.69, 9.17) is 5.26 Å². The third kappa shape index (κ3) is 2.12. The lowest BCUT2D eigenvalue weighted by molar-refractivity contribution is 0.146. The van der Waals surface area contributed by atoms with Crippen molar-refractivity contribution in [3.05, 3.63) is 23.3 Å². The average Bonchev–Trinajstić information content (AvgIpc) is 2.15. The second-order valence-corrected chi connectivity index (χ2v) is 4.15. The lowest BCUT2D eigenvalue weighted by atomic mass is 10.2. The highest BCUT2D eigenvalue weighted by Gasteiger charge is 2.29. The number of pyridine rings is 1. The van der Waals surface area contributed by atoms with Crippen molar-refractivity contribution in [1.29, 1.82) is 5.26 Å². The number of alkyl halides is 2. The smallest absolute Gasteiger partial charge is 0.242 e. The van der Waals surface area contributed by atoms with E-state index in [0.29, 0.717) is 6.20 Å². The molecule has 0 amide bonds. The van der Waals surface area contributed by atoms with Gasteiger partial charge in [-0.05, 0) is 0 Å². The van der Waals surface area contributed by atoms with Crippen LogP contribution in [0.3, 0.4) is 0 Å². The van der Waals surface area contributed by atoms with Crippen molar-refractivity contribution in [1.82, 2.24) is 4.98 Å². The van der Waals surface area contributed by atoms with Gasteiger partial charge in [-0.1, -0.05) is 0 Å². The molecular weight excluding hydrogens is 247 g/mol. The maximum atomic E-state index is 13.1. The molecule has 5 nitrogen and oxygen atoms in total. The van der Waals surface area contributed by atoms with Crippen LogP contribution in [-0.4, -0.2) is 13.4 Å². The lowest BCUT2D eigenvalue weighted by Gasteiger charge is -2.08. The highest BCUT2D eigenvalue weighted by Crippen LogP contribution is 2.29. The molecule has 0 bridgehead atoms. The summed E-state index contributed by atoms with van der Waals surface area (Å²) in [6.07, 6.45) is -3.02. The number of nitrogens with two attached hydrogens (primary N) is 1. The second-order valence-electron chi connectivity index (χ2n) is 2.66. The molecule has 0 saturated carbocycles. The first-order valence-electron chi connectivity index (χ1n) is 3.68. The maximum absolute atomic E-state index is 13.1. The predicted molar refractivity (Wildman–Crippen MR) is 45.2 cm³/mol. The molecule has 0 aliphatic carbocycles. The number of nitriles is 1. The maximum Gasteiger partial charge on any atom is 0.268 e. The van der Waals surface area contributed by atoms with Crippen molar-refractivity contribution < 1.29 is 21.6 Å². The van der Waals surface area contributed by atoms with E-state index in [1.807, 2.05) is 0 Å². The Morgan fingerprint density at radius 1 is 1.50 bits per heavy atom. The van der Waals surface area contributed by atoms with Crippen molar-refractivity contribution in [2.75, 3.05) is 0 Å². The number of hydrogen-bond donors (Lipinski definition) is 1. The predicted octanol–water partition coefficient (Wildman–Crippen LogP) is 0.677. The minimum atomic E-state index is -4.69. The number of sulfonamides is 1. The molecule has 1 aromatic rings. The summed E-state index contributed by atoms with van der Waals surface area (Å²) in [6.45, 7) is 0. The second kappa shape index (κ2) is 4.07. The van der Waals surface area contributed by atoms with Gasteiger partial charge in [0.05, 0.1) is 11.8 Å². The molecule has 1 rings (SSSR count). The van der Waals surface area contributed by atoms with Gasteiger partial charge in [0.1, 0.15) is 11.0 Å². The molecule has 86 valence electrons. The minimum Gasteiger partial charge on any atom is -0.242 e. The number of hydrogen-bond acceptors (Lipinski definition) is 4. The van der Waals surface area contributed by atoms with Crippen molar-refractivity contribution in [2.24, 2.45) is 5.14 Å². The Hall–Kier alpha value is -1.66. The Morgan fingerprint density at radius 3 is 2.44 bits per heavy atom. The summed E-state index contributed by atoms with van der Waals surface area (Å²) >= 11 is 0. The normalized spacial score (nSPS) is 11.5. The highest BCUT2D eigenvalue weighted by molar-refractivity contribution is 7.89. The molecular formula is C7H4F3N3O2S. The van der Waals surface area contributed by atoms with Gasteiger partial charge in [0.15, 0.2) is 11.5 Å². The molecule has 16 heavy (non-hydrogen) atoms. The third-order valence-electron chi connectivity index (χ3n) is 1.63. The minimum absolute atomic E-state index is 0.351. The largest absolute Gasteiger partial charge is 0.268 e. The summed E-state index contributed by atoms with van der Waals surface area (Å²) in [5.41, 5.74) is -2.19. The number of halogens is 3. The van der Waals surface area contributed by atoms with Crippen LogP contribution in [-0.2, 0) is 10.0 Å². The fraction of sp³-hybridized carbons (Fsp3) is 0.143. The summed E-state index contributed by atoms with van der Waals surface area (Å²) in [4.78, 5) is 1.66. The Labute approximate surface area is 88.4 Å². The van der Waals surface area contributed by atoms with E-state index < -0.39 is 38.4 Å². The van der Waals surface area contributed by atoms with Crippen LogP contribution in [0.2, 0.25) is 0 Å². The van der Waals surface area contributed by atoms with Gasteiger partial charge in [0.2, 0.25) is 10.0 Å². The molecule has 1 heterocycles. The van der Waals surface area contributed by atoms with Gasteiger partial charge >= 0.3 is 0 Å². The Balaban J connectivity index is 3.78. The molecule has 0 fully saturated rings. The van der Waals surface area contributed by atoms with Gasteiger partial charge in [-0.15, -0.1) is 0 Å². The van der Waals surface area contributed by atoms with Crippen LogP contribution in [0.4, 0.5) is 13.2 Å². The van der Waals surface area contributed by atoms with E-state index in [0.717, 1.165) is 0 Å². The first-order valence-corrected chi connectivity index (χ1v) is 5.23. The van der Waals surface area contributed by atoms with Gasteiger partial charge in [-0.2, -0.15) is 5.26 Å². The SMILES string of the molecule is N#Cc1ncc(F)c(S(N)(=O)=O)c1C(F)F. The van der Waals surface area contributed by atoms with Crippen LogP contribution in [0.5, 0.6) is 0 Å². The quantitative estimate of drug-likeness (QED) is 0.835. The van der Waals surface area contributed by atoms with Crippen molar-refractivity contribution >= 4 is 10.0 Å². The van der Waals surface area contributed by atoms with E-state index in [1.54, 1.807) is 0 Å². The molecule has 0 spiro atoms. The Bertz CT molecular complexity index is 565. The monoisotopic (exact) mass is 251 g/mol. The molecule has 0 aromatic carbocycles. The van der Waals surface area contributed by atoms with Gasteiger partial charge in [0.25, 0.3) is 6.43 Å². The van der Waals surface area contributed by atoms with Gasteiger partial charge in [-0.25, -0.2) is 31.7 Å². The van der Waals surface area contributed by atoms with Gasteiger partial charge in [-0.3, -0.25) is 0 Å². The number of primary sulfonamides is 1. The first kappa shape index (κ1) is 12.4. The summed E-state index contributed by atoms with van der Waals surface area (Å²) in [5, 5.41) is 13.0. The molecule has 9 heteroatoms. The van der Waals surface area contributed by atoms with E-state index >= 15 is 0 Å². The van der Waals surface area contributed by atoms with Crippen molar-refractivity contribution in [3.63, 3.8) is 0 Å². The molecule has 0 radical (unpaired) electrons. The van der Waals surface area contributed by atoms with E-state index in [9.17, 15) is 21.6 Å². The topological polar surface area (TPSA) is 96.8 Å². The van der Waals surface area contributed by atoms with Gasteiger partial charge < -0.3 is 0 Å². The van der Waals surface area contributed by atoms with Crippen LogP contribution in [0, 0.1) is 17.1 Å². The van der Waals surface area contributed by atoms with E-state index in [1.165, 1.54) is 6.07 Å². The van der Waals surface area contributed by atoms with Crippen LogP contribution in [0.25, 0.3) is 0 Å². The zero-order valence-electron chi connectivity index (χ0n) is 7.49. The van der Waals surface area contributed by atoms with E-state index in [2.05, 4.69) is 10.1 Å². The summed E-state index contributed by atoms with van der Waals surface area (Å²) in [7, 11) is -4.69.